The molecule has 55 heavy (non-hydrogen) atoms. The molecule has 0 unspecified atom stereocenters. The molecule has 0 aliphatic rings. The largest absolute Gasteiger partial charge is 0.309 e. The van der Waals surface area contributed by atoms with Crippen molar-refractivity contribution in [1.29, 1.82) is 0 Å². The van der Waals surface area contributed by atoms with Crippen LogP contribution < -0.4 is 4.90 Å². The number of thiophene rings is 2. The van der Waals surface area contributed by atoms with Crippen LogP contribution in [0.25, 0.3) is 84.5 Å². The number of benzene rings is 9. The lowest BCUT2D eigenvalue weighted by molar-refractivity contribution is 1.30. The van der Waals surface area contributed by atoms with E-state index in [4.69, 9.17) is 0 Å². The molecule has 0 N–H and O–H groups in total. The highest BCUT2D eigenvalue weighted by Gasteiger charge is 2.20. The summed E-state index contributed by atoms with van der Waals surface area (Å²) in [6, 6.07) is 73.4. The van der Waals surface area contributed by atoms with E-state index in [0.717, 1.165) is 11.4 Å². The van der Waals surface area contributed by atoms with Crippen LogP contribution in [0.15, 0.2) is 200 Å². The van der Waals surface area contributed by atoms with Crippen molar-refractivity contribution in [2.24, 2.45) is 0 Å². The Morgan fingerprint density at radius 3 is 1.84 bits per heavy atom. The van der Waals surface area contributed by atoms with Crippen molar-refractivity contribution in [1.82, 2.24) is 0 Å². The lowest BCUT2D eigenvalue weighted by Crippen LogP contribution is -2.10. The molecule has 0 fully saturated rings. The topological polar surface area (TPSA) is 3.24 Å². The molecule has 258 valence electrons. The Hall–Kier alpha value is -6.52. The molecular formula is C52H33NS2. The van der Waals surface area contributed by atoms with Gasteiger partial charge in [0.15, 0.2) is 0 Å². The van der Waals surface area contributed by atoms with E-state index in [-0.39, 0.29) is 0 Å². The van der Waals surface area contributed by atoms with Crippen molar-refractivity contribution in [2.45, 2.75) is 0 Å². The zero-order chi connectivity index (χ0) is 36.3. The van der Waals surface area contributed by atoms with Gasteiger partial charge in [0.1, 0.15) is 0 Å². The summed E-state index contributed by atoms with van der Waals surface area (Å²) >= 11 is 3.76. The van der Waals surface area contributed by atoms with Gasteiger partial charge in [-0.05, 0) is 98.8 Å². The Morgan fingerprint density at radius 1 is 0.309 bits per heavy atom. The molecule has 0 aliphatic carbocycles. The zero-order valence-corrected chi connectivity index (χ0v) is 31.4. The lowest BCUT2D eigenvalue weighted by atomic mass is 10.00. The predicted molar refractivity (Wildman–Crippen MR) is 241 cm³/mol. The van der Waals surface area contributed by atoms with Gasteiger partial charge in [-0.1, -0.05) is 146 Å². The summed E-state index contributed by atoms with van der Waals surface area (Å²) < 4.78 is 5.23. The predicted octanol–water partition coefficient (Wildman–Crippen LogP) is 16.0. The molecule has 0 saturated heterocycles. The third-order valence-corrected chi connectivity index (χ3v) is 13.3. The fourth-order valence-corrected chi connectivity index (χ4v) is 10.6. The van der Waals surface area contributed by atoms with Crippen LogP contribution in [0.1, 0.15) is 0 Å². The number of anilines is 3. The number of hydrogen-bond acceptors (Lipinski definition) is 3. The summed E-state index contributed by atoms with van der Waals surface area (Å²) in [5.41, 5.74) is 10.8. The normalized spacial score (nSPS) is 11.6. The molecule has 11 aromatic rings. The minimum absolute atomic E-state index is 1.12. The van der Waals surface area contributed by atoms with E-state index >= 15 is 0 Å². The molecule has 0 spiro atoms. The highest BCUT2D eigenvalue weighted by Crippen LogP contribution is 2.48. The van der Waals surface area contributed by atoms with Crippen LogP contribution in [-0.2, 0) is 0 Å². The molecule has 11 rings (SSSR count). The third kappa shape index (κ3) is 5.51. The fourth-order valence-electron chi connectivity index (χ4n) is 8.16. The van der Waals surface area contributed by atoms with Crippen LogP contribution in [0.4, 0.5) is 17.1 Å². The van der Waals surface area contributed by atoms with E-state index in [9.17, 15) is 0 Å². The summed E-state index contributed by atoms with van der Waals surface area (Å²) in [6.07, 6.45) is 0. The van der Waals surface area contributed by atoms with Gasteiger partial charge in [-0.15, -0.1) is 22.7 Å². The molecule has 1 nitrogen and oxygen atoms in total. The average molecular weight is 736 g/mol. The third-order valence-electron chi connectivity index (χ3n) is 10.9. The van der Waals surface area contributed by atoms with E-state index in [2.05, 4.69) is 205 Å². The van der Waals surface area contributed by atoms with Gasteiger partial charge in [0.05, 0.1) is 10.4 Å². The van der Waals surface area contributed by atoms with Crippen molar-refractivity contribution in [2.75, 3.05) is 4.90 Å². The van der Waals surface area contributed by atoms with E-state index in [0.29, 0.717) is 0 Å². The van der Waals surface area contributed by atoms with Gasteiger partial charge in [0.25, 0.3) is 0 Å². The minimum Gasteiger partial charge on any atom is -0.309 e. The second-order valence-corrected chi connectivity index (χ2v) is 16.2. The van der Waals surface area contributed by atoms with Gasteiger partial charge >= 0.3 is 0 Å². The van der Waals surface area contributed by atoms with Crippen LogP contribution in [0.3, 0.4) is 0 Å². The first-order chi connectivity index (χ1) is 27.2. The van der Waals surface area contributed by atoms with E-state index < -0.39 is 0 Å². The first-order valence-corrected chi connectivity index (χ1v) is 20.3. The zero-order valence-electron chi connectivity index (χ0n) is 29.8. The van der Waals surface area contributed by atoms with Crippen LogP contribution in [0.2, 0.25) is 0 Å². The number of nitrogens with zero attached hydrogens (tertiary/aromatic N) is 1. The monoisotopic (exact) mass is 735 g/mol. The maximum atomic E-state index is 2.45. The van der Waals surface area contributed by atoms with Crippen molar-refractivity contribution in [3.05, 3.63) is 200 Å². The highest BCUT2D eigenvalue weighted by atomic mass is 32.1. The van der Waals surface area contributed by atoms with Gasteiger partial charge in [-0.25, -0.2) is 0 Å². The Bertz CT molecular complexity index is 3210. The number of hydrogen-bond donors (Lipinski definition) is 0. The Balaban J connectivity index is 1.09. The van der Waals surface area contributed by atoms with Gasteiger partial charge in [-0.3, -0.25) is 0 Å². The van der Waals surface area contributed by atoms with E-state index in [1.54, 1.807) is 0 Å². The van der Waals surface area contributed by atoms with Crippen molar-refractivity contribution in [3.63, 3.8) is 0 Å². The van der Waals surface area contributed by atoms with Crippen molar-refractivity contribution < 1.29 is 0 Å². The SMILES string of the molecule is c1ccc(-c2cccc3c2sc2c(N(c4ccc(-c5ccc6ccccc6c5)cc4)c4cccc(-c5ccc6sc7ccccc7c6c5)c4)cccc23)cc1. The lowest BCUT2D eigenvalue weighted by Gasteiger charge is -2.27. The van der Waals surface area contributed by atoms with Gasteiger partial charge in [0, 0.05) is 47.0 Å². The maximum absolute atomic E-state index is 2.45. The highest BCUT2D eigenvalue weighted by molar-refractivity contribution is 7.27. The molecule has 0 saturated carbocycles. The van der Waals surface area contributed by atoms with Crippen molar-refractivity contribution >= 4 is 90.9 Å². The molecule has 0 bridgehead atoms. The fraction of sp³-hybridized carbons (Fsp3) is 0. The maximum Gasteiger partial charge on any atom is 0.0640 e. The van der Waals surface area contributed by atoms with Crippen LogP contribution in [-0.4, -0.2) is 0 Å². The number of fused-ring (bicyclic) bond motifs is 7. The molecule has 2 aromatic heterocycles. The summed E-state index contributed by atoms with van der Waals surface area (Å²) in [6.45, 7) is 0. The van der Waals surface area contributed by atoms with Crippen LogP contribution in [0.5, 0.6) is 0 Å². The Kier molecular flexibility index (Phi) is 7.61. The molecular weight excluding hydrogens is 703 g/mol. The molecule has 0 aliphatic heterocycles. The van der Waals surface area contributed by atoms with Gasteiger partial charge < -0.3 is 4.90 Å². The summed E-state index contributed by atoms with van der Waals surface area (Å²) in [5, 5.41) is 7.71. The molecule has 0 atom stereocenters. The van der Waals surface area contributed by atoms with Crippen LogP contribution in [0, 0.1) is 0 Å². The standard InChI is InChI=1S/C52H33NS2/c1-2-12-36(13-3-1)43-18-9-19-45-46-20-10-21-48(52(46)55-51(43)45)53(41-28-25-35(26-29-41)39-24-23-34-11-4-5-14-37(34)31-39)42-16-8-15-38(32-42)40-27-30-50-47(33-40)44-17-6-7-22-49(44)54-50/h1-33H. The first kappa shape index (κ1) is 32.0. The second kappa shape index (κ2) is 13.1. The van der Waals surface area contributed by atoms with Crippen LogP contribution >= 0.6 is 22.7 Å². The summed E-state index contributed by atoms with van der Waals surface area (Å²) in [7, 11) is 0. The molecule has 9 aromatic carbocycles. The van der Waals surface area contributed by atoms with Gasteiger partial charge in [-0.2, -0.15) is 0 Å². The van der Waals surface area contributed by atoms with E-state index in [1.807, 2.05) is 22.7 Å². The first-order valence-electron chi connectivity index (χ1n) is 18.7. The molecule has 3 heteroatoms. The molecule has 2 heterocycles. The van der Waals surface area contributed by atoms with Gasteiger partial charge in [0.2, 0.25) is 0 Å². The molecule has 0 radical (unpaired) electrons. The van der Waals surface area contributed by atoms with E-state index in [1.165, 1.54) is 90.2 Å². The smallest absolute Gasteiger partial charge is 0.0640 e. The second-order valence-electron chi connectivity index (χ2n) is 14.1. The number of rotatable bonds is 6. The molecule has 0 amide bonds. The average Bonchev–Trinajstić information content (AvgIpc) is 3.83. The minimum atomic E-state index is 1.12. The summed E-state index contributed by atoms with van der Waals surface area (Å²) in [5.74, 6) is 0. The Morgan fingerprint density at radius 2 is 0.945 bits per heavy atom. The quantitative estimate of drug-likeness (QED) is 0.164. The summed E-state index contributed by atoms with van der Waals surface area (Å²) in [4.78, 5) is 2.45. The van der Waals surface area contributed by atoms with Crippen molar-refractivity contribution in [3.8, 4) is 33.4 Å². The Labute approximate surface area is 327 Å².